The summed E-state index contributed by atoms with van der Waals surface area (Å²) in [5, 5.41) is 20.6. The van der Waals surface area contributed by atoms with Crippen LogP contribution >= 0.6 is 0 Å². The van der Waals surface area contributed by atoms with Gasteiger partial charge < -0.3 is 41.3 Å². The summed E-state index contributed by atoms with van der Waals surface area (Å²) >= 11 is 0. The van der Waals surface area contributed by atoms with E-state index >= 15 is 0 Å². The average Bonchev–Trinajstić information content (AvgIpc) is 2.98. The molecule has 2 atom stereocenters. The van der Waals surface area contributed by atoms with Gasteiger partial charge in [0.25, 0.3) is 5.69 Å². The third-order valence-electron chi connectivity index (χ3n) is 5.74. The fraction of sp³-hybridized carbons (Fsp3) is 0.414. The van der Waals surface area contributed by atoms with Crippen LogP contribution in [0.15, 0.2) is 48.5 Å². The van der Waals surface area contributed by atoms with Crippen molar-refractivity contribution < 1.29 is 38.4 Å². The van der Waals surface area contributed by atoms with Gasteiger partial charge >= 0.3 is 12.2 Å². The number of primary amides is 1. The molecular weight excluding hydrogens is 833 g/mol. The fourth-order valence-electron chi connectivity index (χ4n) is 3.54. The van der Waals surface area contributed by atoms with Crippen LogP contribution in [0.1, 0.15) is 58.6 Å². The molecule has 0 saturated carbocycles. The Kier molecular flexibility index (Phi) is 17.8. The summed E-state index contributed by atoms with van der Waals surface area (Å²) in [4.78, 5) is 67.2. The number of anilines is 1. The number of non-ortho nitro benzene ring substituents is 1. The van der Waals surface area contributed by atoms with Crippen molar-refractivity contribution >= 4 is 41.8 Å². The van der Waals surface area contributed by atoms with Crippen molar-refractivity contribution in [2.24, 2.45) is 11.7 Å². The van der Waals surface area contributed by atoms with E-state index in [2.05, 4.69) is 21.3 Å². The molecule has 0 bridgehead atoms. The molecule has 2 rings (SSSR count). The van der Waals surface area contributed by atoms with Crippen LogP contribution in [0, 0.1) is 16.0 Å². The molecule has 0 aromatic heterocycles. The fourth-order valence-corrected chi connectivity index (χ4v) is 3.54. The molecule has 0 aliphatic rings. The Morgan fingerprint density at radius 3 is 2.07 bits per heavy atom. The molecule has 16 heteroatoms. The molecule has 45 heavy (non-hydrogen) atoms. The van der Waals surface area contributed by atoms with Gasteiger partial charge in [-0.25, -0.2) is 9.59 Å². The normalized spacial score (nSPS) is 11.2. The number of nitro benzene ring substituents is 1. The van der Waals surface area contributed by atoms with Crippen LogP contribution in [-0.2, 0) is 19.1 Å². The van der Waals surface area contributed by atoms with Crippen LogP contribution in [0.2, 0.25) is 0 Å². The second kappa shape index (κ2) is 20.6. The van der Waals surface area contributed by atoms with E-state index in [4.69, 9.17) is 15.2 Å². The van der Waals surface area contributed by atoms with Crippen LogP contribution in [0.3, 0.4) is 0 Å². The first kappa shape index (κ1) is 38.8. The van der Waals surface area contributed by atoms with E-state index in [9.17, 15) is 34.1 Å². The molecule has 15 nitrogen and oxygen atoms in total. The molecule has 2 aromatic carbocycles. The molecule has 6 N–H and O–H groups in total. The average molecular weight is 873 g/mol. The summed E-state index contributed by atoms with van der Waals surface area (Å²) in [6.45, 7) is 7.78. The molecule has 0 radical (unpaired) electrons. The zero-order chi connectivity index (χ0) is 33.1. The first-order valence-corrected chi connectivity index (χ1v) is 13.9. The monoisotopic (exact) mass is 872 g/mol. The van der Waals surface area contributed by atoms with E-state index in [0.29, 0.717) is 30.6 Å². The van der Waals surface area contributed by atoms with Gasteiger partial charge in [0.2, 0.25) is 11.8 Å². The molecule has 0 aliphatic carbocycles. The zero-order valence-corrected chi connectivity index (χ0v) is 27.8. The van der Waals surface area contributed by atoms with Crippen molar-refractivity contribution in [3.05, 3.63) is 64.2 Å². The van der Waals surface area contributed by atoms with Crippen LogP contribution < -0.4 is 31.7 Å². The van der Waals surface area contributed by atoms with Crippen LogP contribution in [-0.4, -0.2) is 54.5 Å². The number of hydrogen-bond acceptors (Lipinski definition) is 9. The smallest absolute Gasteiger partial charge is 0.514 e. The van der Waals surface area contributed by atoms with E-state index in [0.717, 1.165) is 6.42 Å². The molecule has 2 unspecified atom stereocenters. The molecule has 2 aromatic rings. The van der Waals surface area contributed by atoms with Gasteiger partial charge in [0.05, 0.1) is 17.5 Å². The quantitative estimate of drug-likeness (QED) is 0.0441. The summed E-state index contributed by atoms with van der Waals surface area (Å²) in [7, 11) is 0. The van der Waals surface area contributed by atoms with E-state index in [1.807, 2.05) is 13.8 Å². The zero-order valence-electron chi connectivity index (χ0n) is 25.4. The minimum Gasteiger partial charge on any atom is -0.520 e. The maximum Gasteiger partial charge on any atom is 0.514 e. The van der Waals surface area contributed by atoms with Gasteiger partial charge in [-0.1, -0.05) is 46.2 Å². The summed E-state index contributed by atoms with van der Waals surface area (Å²) in [6.07, 6.45) is 2.07. The molecular formula is C29H39FmN6O9-. The minimum absolute atomic E-state index is 0. The molecule has 0 heterocycles. The number of amides is 5. The van der Waals surface area contributed by atoms with Gasteiger partial charge in [0.15, 0.2) is 0 Å². The predicted octanol–water partition coefficient (Wildman–Crippen LogP) is 3.45. The number of carbonyl (C=O) groups excluding carboxylic acids is 5. The number of urea groups is 1. The number of rotatable bonds is 15. The summed E-state index contributed by atoms with van der Waals surface area (Å²) in [5.41, 5.74) is 5.73. The molecule has 0 spiro atoms. The molecule has 0 saturated heterocycles. The van der Waals surface area contributed by atoms with Crippen LogP contribution in [0.25, 0.3) is 0 Å². The van der Waals surface area contributed by atoms with Crippen LogP contribution in [0.4, 0.5) is 21.0 Å². The summed E-state index contributed by atoms with van der Waals surface area (Å²) < 4.78 is 10.6. The number of nitrogens with one attached hydrogen (secondary N) is 4. The number of nitro groups is 1. The standard InChI is InChI=1S/C25H29N4O8.C4H10N2O.Fm/c1-4-5-21(37-25(33)36-20-12-10-19(11-13-20)29(34)35)17-6-8-18(9-7-17)28-22(31)14-26-24(32)23(16(2)3)27-15-30;1-2-3-6-4(5)7;/h6-13,16,21,23H,4-5,14H2,1-3H3,(H,26,32)(H,27,30)(H,28,31);2-3H2,1H3,(H3,5,6,7);/q-1;;. The maximum absolute atomic E-state index is 12.3. The Morgan fingerprint density at radius 2 is 1.60 bits per heavy atom. The largest absolute Gasteiger partial charge is 0.520 e. The Hall–Kier alpha value is -6.21. The van der Waals surface area contributed by atoms with Crippen molar-refractivity contribution in [2.45, 2.75) is 59.1 Å². The SMILES string of the molecule is CCCC(OC(=O)Oc1ccc([N+](=O)[O-])cc1)c1ccc(NC(=O)CNC(=O)C(N[C-]=O)C(C)C)cc1.CCCNC(N)=O.[Fm]. The van der Waals surface area contributed by atoms with Gasteiger partial charge in [0, 0.05) is 24.4 Å². The van der Waals surface area contributed by atoms with Gasteiger partial charge in [-0.05, 0) is 48.6 Å². The van der Waals surface area contributed by atoms with E-state index in [1.165, 1.54) is 30.7 Å². The summed E-state index contributed by atoms with van der Waals surface area (Å²) in [5.74, 6) is -1.03. The van der Waals surface area contributed by atoms with E-state index in [1.54, 1.807) is 38.1 Å². The predicted molar refractivity (Wildman–Crippen MR) is 161 cm³/mol. The number of nitrogens with zero attached hydrogens (tertiary/aromatic N) is 1. The van der Waals surface area contributed by atoms with Gasteiger partial charge in [0.1, 0.15) is 11.9 Å². The topological polar surface area (TPSA) is 221 Å². The van der Waals surface area contributed by atoms with Crippen molar-refractivity contribution in [3.8, 4) is 5.75 Å². The maximum atomic E-state index is 12.3. The molecule has 0 fully saturated rings. The van der Waals surface area contributed by atoms with Crippen LogP contribution in [0.5, 0.6) is 5.75 Å². The van der Waals surface area contributed by atoms with Gasteiger partial charge in [-0.2, -0.15) is 6.41 Å². The van der Waals surface area contributed by atoms with E-state index in [-0.39, 0.29) is 23.9 Å². The number of ether oxygens (including phenoxy) is 2. The third kappa shape index (κ3) is 15.0. The molecule has 5 amide bonds. The Labute approximate surface area is 255 Å². The van der Waals surface area contributed by atoms with Crippen molar-refractivity contribution in [1.29, 1.82) is 0 Å². The number of carbonyl (C=O) groups is 4. The third-order valence-corrected chi connectivity index (χ3v) is 5.74. The molecule has 0 aliphatic heterocycles. The van der Waals surface area contributed by atoms with Crippen molar-refractivity contribution in [1.82, 2.24) is 16.0 Å². The van der Waals surface area contributed by atoms with E-state index < -0.39 is 41.1 Å². The second-order valence-electron chi connectivity index (χ2n) is 9.65. The number of nitrogens with two attached hydrogens (primary N) is 1. The first-order valence-electron chi connectivity index (χ1n) is 13.9. The summed E-state index contributed by atoms with van der Waals surface area (Å²) in [6, 6.07) is 10.4. The van der Waals surface area contributed by atoms with Crippen molar-refractivity contribution in [3.63, 3.8) is 0 Å². The Bertz CT molecular complexity index is 1240. The van der Waals surface area contributed by atoms with Crippen molar-refractivity contribution in [2.75, 3.05) is 18.4 Å². The van der Waals surface area contributed by atoms with Gasteiger partial charge in [-0.3, -0.25) is 19.7 Å². The minimum atomic E-state index is -0.957. The molecule has 252 valence electrons. The second-order valence-corrected chi connectivity index (χ2v) is 9.65. The Balaban J connectivity index is 0.00000216. The van der Waals surface area contributed by atoms with Gasteiger partial charge in [-0.15, -0.1) is 0 Å². The first-order chi connectivity index (χ1) is 20.9. The number of hydrogen-bond donors (Lipinski definition) is 5. The Morgan fingerprint density at radius 1 is 0.978 bits per heavy atom. The number of benzene rings is 2.